The average molecular weight is 306 g/mol. The van der Waals surface area contributed by atoms with Gasteiger partial charge in [0.1, 0.15) is 0 Å². The van der Waals surface area contributed by atoms with E-state index in [9.17, 15) is 9.59 Å². The summed E-state index contributed by atoms with van der Waals surface area (Å²) in [5.41, 5.74) is 1.31. The molecule has 3 N–H and O–H groups in total. The van der Waals surface area contributed by atoms with Crippen LogP contribution in [0.4, 0.5) is 10.5 Å². The minimum Gasteiger partial charge on any atom is -0.478 e. The minimum atomic E-state index is -1.08. The van der Waals surface area contributed by atoms with Gasteiger partial charge in [0, 0.05) is 18.9 Å². The van der Waals surface area contributed by atoms with E-state index in [0.717, 1.165) is 5.56 Å². The summed E-state index contributed by atoms with van der Waals surface area (Å²) < 4.78 is 0. The van der Waals surface area contributed by atoms with Crippen LogP contribution in [0.15, 0.2) is 42.7 Å². The number of benzene rings is 1. The van der Waals surface area contributed by atoms with Crippen LogP contribution in [0.3, 0.4) is 0 Å². The van der Waals surface area contributed by atoms with Crippen molar-refractivity contribution in [2.75, 3.05) is 5.32 Å². The van der Waals surface area contributed by atoms with Gasteiger partial charge >= 0.3 is 12.0 Å². The number of rotatable bonds is 4. The van der Waals surface area contributed by atoms with Crippen LogP contribution in [0.5, 0.6) is 0 Å². The van der Waals surface area contributed by atoms with Crippen molar-refractivity contribution in [1.82, 2.24) is 10.3 Å². The van der Waals surface area contributed by atoms with Gasteiger partial charge < -0.3 is 15.7 Å². The Labute approximate surface area is 125 Å². The number of anilines is 1. The third-order valence-electron chi connectivity index (χ3n) is 2.67. The highest BCUT2D eigenvalue weighted by Gasteiger charge is 2.09. The van der Waals surface area contributed by atoms with Crippen LogP contribution in [0.1, 0.15) is 15.9 Å². The molecule has 0 aliphatic carbocycles. The SMILES string of the molecule is O=C(NCc1ccncc1)Nc1ccc(C(=O)O)cc1Cl. The molecule has 2 aromatic rings. The molecule has 0 aliphatic rings. The van der Waals surface area contributed by atoms with Gasteiger partial charge in [-0.15, -0.1) is 0 Å². The number of hydrogen-bond donors (Lipinski definition) is 3. The molecule has 0 bridgehead atoms. The number of carboxylic acids is 1. The number of carbonyl (C=O) groups excluding carboxylic acids is 1. The van der Waals surface area contributed by atoms with Crippen molar-refractivity contribution >= 4 is 29.3 Å². The van der Waals surface area contributed by atoms with Gasteiger partial charge in [0.15, 0.2) is 0 Å². The lowest BCUT2D eigenvalue weighted by molar-refractivity contribution is 0.0697. The summed E-state index contributed by atoms with van der Waals surface area (Å²) in [6.07, 6.45) is 3.27. The summed E-state index contributed by atoms with van der Waals surface area (Å²) in [7, 11) is 0. The number of halogens is 1. The van der Waals surface area contributed by atoms with E-state index in [0.29, 0.717) is 12.2 Å². The summed E-state index contributed by atoms with van der Waals surface area (Å²) >= 11 is 5.92. The van der Waals surface area contributed by atoms with Gasteiger partial charge in [0.25, 0.3) is 0 Å². The highest BCUT2D eigenvalue weighted by molar-refractivity contribution is 6.34. The second kappa shape index (κ2) is 6.71. The average Bonchev–Trinajstić information content (AvgIpc) is 2.48. The fourth-order valence-corrected chi connectivity index (χ4v) is 1.83. The first kappa shape index (κ1) is 14.8. The number of urea groups is 1. The quantitative estimate of drug-likeness (QED) is 0.810. The molecule has 0 saturated heterocycles. The second-order valence-electron chi connectivity index (χ2n) is 4.16. The van der Waals surface area contributed by atoms with Crippen LogP contribution < -0.4 is 10.6 Å². The van der Waals surface area contributed by atoms with E-state index >= 15 is 0 Å². The molecule has 0 spiro atoms. The molecule has 0 atom stereocenters. The van der Waals surface area contributed by atoms with Gasteiger partial charge in [-0.1, -0.05) is 11.6 Å². The van der Waals surface area contributed by atoms with Crippen LogP contribution in [-0.2, 0) is 6.54 Å². The maximum atomic E-state index is 11.7. The lowest BCUT2D eigenvalue weighted by Gasteiger charge is -2.09. The fourth-order valence-electron chi connectivity index (χ4n) is 1.60. The van der Waals surface area contributed by atoms with Gasteiger partial charge in [-0.25, -0.2) is 9.59 Å². The first-order chi connectivity index (χ1) is 10.1. The van der Waals surface area contributed by atoms with E-state index in [-0.39, 0.29) is 10.6 Å². The molecule has 0 fully saturated rings. The molecule has 6 nitrogen and oxygen atoms in total. The van der Waals surface area contributed by atoms with E-state index < -0.39 is 12.0 Å². The van der Waals surface area contributed by atoms with Gasteiger partial charge in [-0.05, 0) is 35.9 Å². The lowest BCUT2D eigenvalue weighted by atomic mass is 10.2. The number of aromatic nitrogens is 1. The molecule has 1 aromatic carbocycles. The Morgan fingerprint density at radius 1 is 1.19 bits per heavy atom. The van der Waals surface area contributed by atoms with E-state index in [1.165, 1.54) is 18.2 Å². The van der Waals surface area contributed by atoms with Crippen molar-refractivity contribution in [1.29, 1.82) is 0 Å². The largest absolute Gasteiger partial charge is 0.478 e. The second-order valence-corrected chi connectivity index (χ2v) is 4.57. The molecule has 2 amide bonds. The van der Waals surface area contributed by atoms with Crippen molar-refractivity contribution in [2.24, 2.45) is 0 Å². The fraction of sp³-hybridized carbons (Fsp3) is 0.0714. The molecule has 1 heterocycles. The Kier molecular flexibility index (Phi) is 4.73. The molecule has 108 valence electrons. The molecule has 0 radical (unpaired) electrons. The lowest BCUT2D eigenvalue weighted by Crippen LogP contribution is -2.28. The number of hydrogen-bond acceptors (Lipinski definition) is 3. The monoisotopic (exact) mass is 305 g/mol. The van der Waals surface area contributed by atoms with Crippen molar-refractivity contribution in [2.45, 2.75) is 6.54 Å². The predicted octanol–water partition coefficient (Wildman–Crippen LogP) is 2.75. The molecule has 2 rings (SSSR count). The topological polar surface area (TPSA) is 91.3 Å². The van der Waals surface area contributed by atoms with Gasteiger partial charge in [-0.3, -0.25) is 4.98 Å². The maximum Gasteiger partial charge on any atom is 0.335 e. The van der Waals surface area contributed by atoms with Crippen molar-refractivity contribution < 1.29 is 14.7 Å². The summed E-state index contributed by atoms with van der Waals surface area (Å²) in [6, 6.07) is 7.23. The standard InChI is InChI=1S/C14H12ClN3O3/c15-11-7-10(13(19)20)1-2-12(11)18-14(21)17-8-9-3-5-16-6-4-9/h1-7H,8H2,(H,19,20)(H2,17,18,21). The number of aromatic carboxylic acids is 1. The third-order valence-corrected chi connectivity index (χ3v) is 2.98. The van der Waals surface area contributed by atoms with Gasteiger partial charge in [0.2, 0.25) is 0 Å². The number of nitrogens with one attached hydrogen (secondary N) is 2. The van der Waals surface area contributed by atoms with Crippen LogP contribution in [0.2, 0.25) is 5.02 Å². The van der Waals surface area contributed by atoms with E-state index in [2.05, 4.69) is 15.6 Å². The molecule has 0 saturated carbocycles. The van der Waals surface area contributed by atoms with Crippen LogP contribution in [0, 0.1) is 0 Å². The number of nitrogens with zero attached hydrogens (tertiary/aromatic N) is 1. The Bertz CT molecular complexity index is 662. The zero-order valence-corrected chi connectivity index (χ0v) is 11.6. The van der Waals surface area contributed by atoms with Crippen LogP contribution in [-0.4, -0.2) is 22.1 Å². The highest BCUT2D eigenvalue weighted by Crippen LogP contribution is 2.22. The Balaban J connectivity index is 1.95. The number of carbonyl (C=O) groups is 2. The zero-order valence-electron chi connectivity index (χ0n) is 10.8. The summed E-state index contributed by atoms with van der Waals surface area (Å²) in [4.78, 5) is 26.4. The first-order valence-electron chi connectivity index (χ1n) is 6.03. The highest BCUT2D eigenvalue weighted by atomic mass is 35.5. The van der Waals surface area contributed by atoms with Crippen molar-refractivity contribution in [3.05, 3.63) is 58.9 Å². The van der Waals surface area contributed by atoms with Crippen LogP contribution >= 0.6 is 11.6 Å². The number of pyridine rings is 1. The van der Waals surface area contributed by atoms with E-state index in [4.69, 9.17) is 16.7 Å². The van der Waals surface area contributed by atoms with E-state index in [1.807, 2.05) is 0 Å². The Hall–Kier alpha value is -2.60. The molecule has 7 heteroatoms. The Morgan fingerprint density at radius 3 is 2.52 bits per heavy atom. The minimum absolute atomic E-state index is 0.0581. The van der Waals surface area contributed by atoms with Gasteiger partial charge in [-0.2, -0.15) is 0 Å². The zero-order chi connectivity index (χ0) is 15.2. The molecule has 0 unspecified atom stereocenters. The van der Waals surface area contributed by atoms with Crippen LogP contribution in [0.25, 0.3) is 0 Å². The van der Waals surface area contributed by atoms with Gasteiger partial charge in [0.05, 0.1) is 16.3 Å². The third kappa shape index (κ3) is 4.19. The maximum absolute atomic E-state index is 11.7. The Morgan fingerprint density at radius 2 is 1.90 bits per heavy atom. The first-order valence-corrected chi connectivity index (χ1v) is 6.40. The number of amides is 2. The smallest absolute Gasteiger partial charge is 0.335 e. The summed E-state index contributed by atoms with van der Waals surface area (Å²) in [6.45, 7) is 0.346. The summed E-state index contributed by atoms with van der Waals surface area (Å²) in [5.74, 6) is -1.08. The van der Waals surface area contributed by atoms with E-state index in [1.54, 1.807) is 24.5 Å². The molecule has 1 aromatic heterocycles. The van der Waals surface area contributed by atoms with Crippen molar-refractivity contribution in [3.8, 4) is 0 Å². The van der Waals surface area contributed by atoms with Crippen molar-refractivity contribution in [3.63, 3.8) is 0 Å². The molecular weight excluding hydrogens is 294 g/mol. The molecule has 21 heavy (non-hydrogen) atoms. The normalized spacial score (nSPS) is 9.95. The predicted molar refractivity (Wildman–Crippen MR) is 78.5 cm³/mol. The summed E-state index contributed by atoms with van der Waals surface area (Å²) in [5, 5.41) is 14.2. The molecule has 0 aliphatic heterocycles. The number of carboxylic acid groups (broad SMARTS) is 1. The molecular formula is C14H12ClN3O3.